The first kappa shape index (κ1) is 18.8. The Morgan fingerprint density at radius 2 is 2.00 bits per heavy atom. The summed E-state index contributed by atoms with van der Waals surface area (Å²) in [5.74, 6) is 1.70. The SMILES string of the molecule is CCNC(=NCc1ncnn1C)NCC1(Sc2ccccc2)CCCC1. The van der Waals surface area contributed by atoms with E-state index in [1.165, 1.54) is 30.6 Å². The molecule has 0 radical (unpaired) electrons. The van der Waals surface area contributed by atoms with Crippen LogP contribution in [-0.4, -0.2) is 38.6 Å². The van der Waals surface area contributed by atoms with Gasteiger partial charge in [-0.25, -0.2) is 9.98 Å². The number of thioether (sulfide) groups is 1. The van der Waals surface area contributed by atoms with Gasteiger partial charge in [0.05, 0.1) is 0 Å². The number of guanidine groups is 1. The van der Waals surface area contributed by atoms with E-state index < -0.39 is 0 Å². The second-order valence-electron chi connectivity index (χ2n) is 6.65. The van der Waals surface area contributed by atoms with E-state index in [-0.39, 0.29) is 4.75 Å². The minimum atomic E-state index is 0.238. The third kappa shape index (κ3) is 5.00. The minimum Gasteiger partial charge on any atom is -0.357 e. The molecule has 0 aliphatic heterocycles. The largest absolute Gasteiger partial charge is 0.357 e. The number of benzene rings is 1. The van der Waals surface area contributed by atoms with E-state index in [0.717, 1.165) is 24.9 Å². The van der Waals surface area contributed by atoms with Gasteiger partial charge in [-0.2, -0.15) is 5.10 Å². The Morgan fingerprint density at radius 3 is 2.65 bits per heavy atom. The maximum Gasteiger partial charge on any atom is 0.191 e. The van der Waals surface area contributed by atoms with Crippen molar-refractivity contribution in [1.82, 2.24) is 25.4 Å². The smallest absolute Gasteiger partial charge is 0.191 e. The fraction of sp³-hybridized carbons (Fsp3) is 0.526. The lowest BCUT2D eigenvalue weighted by Crippen LogP contribution is -2.44. The second-order valence-corrected chi connectivity index (χ2v) is 8.20. The lowest BCUT2D eigenvalue weighted by atomic mass is 10.1. The molecule has 1 aromatic carbocycles. The number of rotatable bonds is 7. The molecular formula is C19H28N6S. The maximum absolute atomic E-state index is 4.68. The molecule has 1 aliphatic carbocycles. The zero-order valence-electron chi connectivity index (χ0n) is 15.6. The predicted octanol–water partition coefficient (Wildman–Crippen LogP) is 2.98. The third-order valence-electron chi connectivity index (χ3n) is 4.70. The van der Waals surface area contributed by atoms with E-state index in [4.69, 9.17) is 0 Å². The molecule has 2 aromatic rings. The molecule has 6 nitrogen and oxygen atoms in total. The number of aliphatic imine (C=N–C) groups is 1. The average Bonchev–Trinajstić information content (AvgIpc) is 3.28. The Bertz CT molecular complexity index is 706. The van der Waals surface area contributed by atoms with E-state index in [1.54, 1.807) is 11.0 Å². The standard InChI is InChI=1S/C19H28N6S/c1-3-20-18(21-13-17-23-15-24-25(17)2)22-14-19(11-7-8-12-19)26-16-9-5-4-6-10-16/h4-6,9-10,15H,3,7-8,11-14H2,1-2H3,(H2,20,21,22). The van der Waals surface area contributed by atoms with Gasteiger partial charge in [0.1, 0.15) is 18.7 Å². The highest BCUT2D eigenvalue weighted by Crippen LogP contribution is 2.44. The van der Waals surface area contributed by atoms with Crippen molar-refractivity contribution in [1.29, 1.82) is 0 Å². The number of aromatic nitrogens is 3. The van der Waals surface area contributed by atoms with Crippen LogP contribution in [0.2, 0.25) is 0 Å². The molecule has 2 N–H and O–H groups in total. The second kappa shape index (κ2) is 9.07. The Balaban J connectivity index is 1.64. The first-order valence-corrected chi connectivity index (χ1v) is 10.1. The summed E-state index contributed by atoms with van der Waals surface area (Å²) in [5, 5.41) is 11.0. The molecule has 140 valence electrons. The monoisotopic (exact) mass is 372 g/mol. The number of hydrogen-bond donors (Lipinski definition) is 2. The Morgan fingerprint density at radius 1 is 1.23 bits per heavy atom. The zero-order valence-corrected chi connectivity index (χ0v) is 16.4. The van der Waals surface area contributed by atoms with E-state index in [9.17, 15) is 0 Å². The summed E-state index contributed by atoms with van der Waals surface area (Å²) in [6, 6.07) is 10.7. The van der Waals surface area contributed by atoms with Crippen LogP contribution in [0.1, 0.15) is 38.4 Å². The Kier molecular flexibility index (Phi) is 6.55. The molecule has 1 aliphatic rings. The highest BCUT2D eigenvalue weighted by atomic mass is 32.2. The highest BCUT2D eigenvalue weighted by Gasteiger charge is 2.35. The van der Waals surface area contributed by atoms with Crippen LogP contribution in [0.4, 0.5) is 0 Å². The topological polar surface area (TPSA) is 67.1 Å². The van der Waals surface area contributed by atoms with Gasteiger partial charge < -0.3 is 10.6 Å². The van der Waals surface area contributed by atoms with Crippen molar-refractivity contribution in [2.24, 2.45) is 12.0 Å². The first-order chi connectivity index (χ1) is 12.7. The number of nitrogens with one attached hydrogen (secondary N) is 2. The third-order valence-corrected chi connectivity index (χ3v) is 6.19. The lowest BCUT2D eigenvalue weighted by Gasteiger charge is -2.29. The van der Waals surface area contributed by atoms with E-state index >= 15 is 0 Å². The van der Waals surface area contributed by atoms with Crippen molar-refractivity contribution in [3.05, 3.63) is 42.5 Å². The van der Waals surface area contributed by atoms with E-state index in [2.05, 4.69) is 63.0 Å². The molecular weight excluding hydrogens is 344 g/mol. The molecule has 7 heteroatoms. The van der Waals surface area contributed by atoms with Gasteiger partial charge in [-0.15, -0.1) is 11.8 Å². The van der Waals surface area contributed by atoms with Gasteiger partial charge in [0.2, 0.25) is 0 Å². The molecule has 0 unspecified atom stereocenters. The van der Waals surface area contributed by atoms with Gasteiger partial charge >= 0.3 is 0 Å². The molecule has 1 fully saturated rings. The highest BCUT2D eigenvalue weighted by molar-refractivity contribution is 8.00. The molecule has 0 spiro atoms. The average molecular weight is 373 g/mol. The normalized spacial score (nSPS) is 16.6. The van der Waals surface area contributed by atoms with Crippen LogP contribution < -0.4 is 10.6 Å². The van der Waals surface area contributed by atoms with Crippen LogP contribution in [0.15, 0.2) is 46.5 Å². The van der Waals surface area contributed by atoms with Crippen molar-refractivity contribution in [3.63, 3.8) is 0 Å². The quantitative estimate of drug-likeness (QED) is 0.578. The number of nitrogens with zero attached hydrogens (tertiary/aromatic N) is 4. The van der Waals surface area contributed by atoms with Crippen LogP contribution in [0.5, 0.6) is 0 Å². The Hall–Kier alpha value is -2.02. The summed E-state index contributed by atoms with van der Waals surface area (Å²) in [4.78, 5) is 10.3. The van der Waals surface area contributed by atoms with E-state index in [1.807, 2.05) is 18.8 Å². The summed E-state index contributed by atoms with van der Waals surface area (Å²) in [7, 11) is 1.89. The van der Waals surface area contributed by atoms with Gasteiger partial charge in [-0.05, 0) is 31.9 Å². The molecule has 1 saturated carbocycles. The molecule has 0 bridgehead atoms. The maximum atomic E-state index is 4.68. The summed E-state index contributed by atoms with van der Waals surface area (Å²) in [6.45, 7) is 4.36. The van der Waals surface area contributed by atoms with Gasteiger partial charge in [0.15, 0.2) is 5.96 Å². The molecule has 0 atom stereocenters. The fourth-order valence-corrected chi connectivity index (χ4v) is 4.70. The van der Waals surface area contributed by atoms with Crippen molar-refractivity contribution >= 4 is 17.7 Å². The van der Waals surface area contributed by atoms with Crippen molar-refractivity contribution in [2.75, 3.05) is 13.1 Å². The number of hydrogen-bond acceptors (Lipinski definition) is 4. The van der Waals surface area contributed by atoms with Crippen molar-refractivity contribution in [2.45, 2.75) is 48.8 Å². The molecule has 1 aromatic heterocycles. The lowest BCUT2D eigenvalue weighted by molar-refractivity contribution is 0.582. The number of aryl methyl sites for hydroxylation is 1. The molecule has 3 rings (SSSR count). The van der Waals surface area contributed by atoms with Crippen LogP contribution in [0.25, 0.3) is 0 Å². The molecule has 0 saturated heterocycles. The summed E-state index contributed by atoms with van der Waals surface area (Å²) in [5.41, 5.74) is 0. The molecule has 0 amide bonds. The van der Waals surface area contributed by atoms with Crippen LogP contribution in [0, 0.1) is 0 Å². The van der Waals surface area contributed by atoms with E-state index in [0.29, 0.717) is 6.54 Å². The molecule has 1 heterocycles. The van der Waals surface area contributed by atoms with Crippen LogP contribution in [0.3, 0.4) is 0 Å². The first-order valence-electron chi connectivity index (χ1n) is 9.30. The van der Waals surface area contributed by atoms with Crippen LogP contribution >= 0.6 is 11.8 Å². The predicted molar refractivity (Wildman–Crippen MR) is 107 cm³/mol. The fourth-order valence-electron chi connectivity index (χ4n) is 3.27. The Labute approximate surface area is 159 Å². The summed E-state index contributed by atoms with van der Waals surface area (Å²) in [6.07, 6.45) is 6.64. The van der Waals surface area contributed by atoms with Crippen molar-refractivity contribution < 1.29 is 0 Å². The van der Waals surface area contributed by atoms with Gasteiger partial charge in [0, 0.05) is 29.8 Å². The summed E-state index contributed by atoms with van der Waals surface area (Å²) < 4.78 is 2.00. The van der Waals surface area contributed by atoms with Gasteiger partial charge in [-0.1, -0.05) is 31.0 Å². The van der Waals surface area contributed by atoms with Gasteiger partial charge in [0.25, 0.3) is 0 Å². The summed E-state index contributed by atoms with van der Waals surface area (Å²) >= 11 is 2.01. The zero-order chi connectivity index (χ0) is 18.2. The van der Waals surface area contributed by atoms with Crippen LogP contribution in [-0.2, 0) is 13.6 Å². The van der Waals surface area contributed by atoms with Crippen molar-refractivity contribution in [3.8, 4) is 0 Å². The minimum absolute atomic E-state index is 0.238. The molecule has 26 heavy (non-hydrogen) atoms. The van der Waals surface area contributed by atoms with Gasteiger partial charge in [-0.3, -0.25) is 4.68 Å².